The number of hydrogen-bond donors (Lipinski definition) is 0. The summed E-state index contributed by atoms with van der Waals surface area (Å²) in [7, 11) is 0. The molecule has 1 aromatic rings. The van der Waals surface area contributed by atoms with Gasteiger partial charge in [0, 0.05) is 6.42 Å². The Kier molecular flexibility index (Phi) is 25.7. The van der Waals surface area contributed by atoms with Crippen LogP contribution in [-0.4, -0.2) is 4.57 Å². The molecule has 0 N–H and O–H groups in total. The van der Waals surface area contributed by atoms with E-state index in [0.717, 1.165) is 0 Å². The molecule has 38 heavy (non-hydrogen) atoms. The fourth-order valence-electron chi connectivity index (χ4n) is 6.03. The highest BCUT2D eigenvalue weighted by Gasteiger charge is 2.15. The first-order valence-electron chi connectivity index (χ1n) is 17.9. The Bertz CT molecular complexity index is 590. The molecule has 0 bridgehead atoms. The normalized spacial score (nSPS) is 11.6. The van der Waals surface area contributed by atoms with Gasteiger partial charge in [-0.1, -0.05) is 168 Å². The highest BCUT2D eigenvalue weighted by Crippen LogP contribution is 2.15. The van der Waals surface area contributed by atoms with Crippen LogP contribution in [0.1, 0.15) is 200 Å². The Morgan fingerprint density at radius 2 is 0.816 bits per heavy atom. The highest BCUT2D eigenvalue weighted by atomic mass is 15.1. The molecule has 0 atom stereocenters. The van der Waals surface area contributed by atoms with Crippen molar-refractivity contribution in [3.63, 3.8) is 0 Å². The maximum atomic E-state index is 2.59. The highest BCUT2D eigenvalue weighted by molar-refractivity contribution is 4.84. The van der Waals surface area contributed by atoms with Gasteiger partial charge in [0.15, 0.2) is 0 Å². The van der Waals surface area contributed by atoms with Crippen LogP contribution in [0.2, 0.25) is 0 Å². The third-order valence-electron chi connectivity index (χ3n) is 8.56. The molecular formula is C36H71N2+. The monoisotopic (exact) mass is 532 g/mol. The predicted octanol–water partition coefficient (Wildman–Crippen LogP) is 11.9. The molecule has 1 aromatic heterocycles. The van der Waals surface area contributed by atoms with Crippen LogP contribution in [0.25, 0.3) is 0 Å². The number of unbranched alkanes of at least 4 members (excludes halogenated alkanes) is 24. The summed E-state index contributed by atoms with van der Waals surface area (Å²) in [6, 6.07) is 0. The van der Waals surface area contributed by atoms with Crippen LogP contribution >= 0.6 is 0 Å². The van der Waals surface area contributed by atoms with Crippen LogP contribution in [0.15, 0.2) is 12.4 Å². The van der Waals surface area contributed by atoms with E-state index in [1.165, 1.54) is 193 Å². The fraction of sp³-hybridized carbons (Fsp3) is 0.917. The minimum absolute atomic E-state index is 1.18. The lowest BCUT2D eigenvalue weighted by molar-refractivity contribution is -0.704. The smallest absolute Gasteiger partial charge is 0.234 e. The van der Waals surface area contributed by atoms with E-state index in [4.69, 9.17) is 0 Å². The number of aryl methyl sites for hydroxylation is 2. The maximum absolute atomic E-state index is 2.59. The molecule has 1 heterocycles. The van der Waals surface area contributed by atoms with Crippen LogP contribution in [0, 0.1) is 0 Å². The lowest BCUT2D eigenvalue weighted by Gasteiger charge is -2.06. The topological polar surface area (TPSA) is 8.81 Å². The second kappa shape index (κ2) is 27.8. The van der Waals surface area contributed by atoms with Gasteiger partial charge in [0.05, 0.1) is 13.1 Å². The SMILES string of the molecule is CCCCCCCCCCCCCCCCc1n(CCC)cc[n+]1CCCCCCCCCCCCCC. The molecule has 2 nitrogen and oxygen atoms in total. The van der Waals surface area contributed by atoms with Crippen molar-refractivity contribution in [1.29, 1.82) is 0 Å². The lowest BCUT2D eigenvalue weighted by atomic mass is 10.0. The zero-order chi connectivity index (χ0) is 27.4. The van der Waals surface area contributed by atoms with Gasteiger partial charge in [-0.05, 0) is 25.7 Å². The molecule has 224 valence electrons. The molecule has 0 fully saturated rings. The number of rotatable bonds is 30. The summed E-state index contributed by atoms with van der Waals surface area (Å²) in [5.41, 5.74) is 0. The van der Waals surface area contributed by atoms with E-state index in [2.05, 4.69) is 42.3 Å². The largest absolute Gasteiger partial charge is 0.256 e. The van der Waals surface area contributed by atoms with E-state index in [0.29, 0.717) is 0 Å². The fourth-order valence-corrected chi connectivity index (χ4v) is 6.03. The van der Waals surface area contributed by atoms with Crippen molar-refractivity contribution in [2.24, 2.45) is 0 Å². The van der Waals surface area contributed by atoms with Crippen molar-refractivity contribution >= 4 is 0 Å². The average Bonchev–Trinajstić information content (AvgIpc) is 3.30. The summed E-state index contributed by atoms with van der Waals surface area (Å²) < 4.78 is 5.14. The van der Waals surface area contributed by atoms with Crippen molar-refractivity contribution in [1.82, 2.24) is 4.57 Å². The van der Waals surface area contributed by atoms with Crippen molar-refractivity contribution in [3.05, 3.63) is 18.2 Å². The third-order valence-corrected chi connectivity index (χ3v) is 8.56. The molecule has 0 saturated carbocycles. The predicted molar refractivity (Wildman–Crippen MR) is 170 cm³/mol. The van der Waals surface area contributed by atoms with Gasteiger partial charge in [-0.15, -0.1) is 0 Å². The molecule has 0 aliphatic rings. The molecule has 1 rings (SSSR count). The summed E-state index contributed by atoms with van der Waals surface area (Å²) in [5.74, 6) is 1.59. The number of hydrogen-bond acceptors (Lipinski definition) is 0. The molecule has 0 saturated heterocycles. The van der Waals surface area contributed by atoms with Crippen LogP contribution in [0.3, 0.4) is 0 Å². The van der Waals surface area contributed by atoms with Gasteiger partial charge in [0.2, 0.25) is 0 Å². The Hall–Kier alpha value is -0.790. The van der Waals surface area contributed by atoms with Crippen LogP contribution < -0.4 is 4.57 Å². The van der Waals surface area contributed by atoms with Crippen molar-refractivity contribution in [2.75, 3.05) is 0 Å². The minimum Gasteiger partial charge on any atom is -0.234 e. The first kappa shape index (κ1) is 35.2. The van der Waals surface area contributed by atoms with Gasteiger partial charge in [-0.3, -0.25) is 0 Å². The molecule has 0 aliphatic carbocycles. The Balaban J connectivity index is 2.06. The van der Waals surface area contributed by atoms with Gasteiger partial charge in [-0.25, -0.2) is 9.13 Å². The Morgan fingerprint density at radius 3 is 1.21 bits per heavy atom. The van der Waals surface area contributed by atoms with Gasteiger partial charge in [0.1, 0.15) is 12.4 Å². The standard InChI is InChI=1S/C36H71N2/c1-4-7-9-11-13-15-17-19-20-21-23-25-27-29-31-36-37(32-6-3)34-35-38(36)33-30-28-26-24-22-18-16-14-12-10-8-5-2/h34-35H,4-33H2,1-3H3/q+1. The molecule has 0 aliphatic heterocycles. The zero-order valence-electron chi connectivity index (χ0n) is 26.8. The minimum atomic E-state index is 1.18. The average molecular weight is 532 g/mol. The molecule has 2 heteroatoms. The lowest BCUT2D eigenvalue weighted by Crippen LogP contribution is -2.37. The van der Waals surface area contributed by atoms with Crippen molar-refractivity contribution < 1.29 is 4.57 Å². The summed E-state index contributed by atoms with van der Waals surface area (Å²) >= 11 is 0. The summed E-state index contributed by atoms with van der Waals surface area (Å²) in [6.07, 6.45) is 44.6. The van der Waals surface area contributed by atoms with Crippen LogP contribution in [0.5, 0.6) is 0 Å². The quantitative estimate of drug-likeness (QED) is 0.0689. The van der Waals surface area contributed by atoms with E-state index in [1.54, 1.807) is 5.82 Å². The second-order valence-corrected chi connectivity index (χ2v) is 12.3. The molecule has 0 amide bonds. The summed E-state index contributed by atoms with van der Waals surface area (Å²) in [6.45, 7) is 9.33. The van der Waals surface area contributed by atoms with Crippen molar-refractivity contribution in [2.45, 2.75) is 214 Å². The van der Waals surface area contributed by atoms with Crippen LogP contribution in [-0.2, 0) is 19.5 Å². The number of aromatic nitrogens is 2. The van der Waals surface area contributed by atoms with E-state index in [9.17, 15) is 0 Å². The van der Waals surface area contributed by atoms with Crippen molar-refractivity contribution in [3.8, 4) is 0 Å². The maximum Gasteiger partial charge on any atom is 0.256 e. The molecular weight excluding hydrogens is 460 g/mol. The first-order chi connectivity index (χ1) is 18.8. The number of imidazole rings is 1. The third kappa shape index (κ3) is 20.2. The van der Waals surface area contributed by atoms with Crippen LogP contribution in [0.4, 0.5) is 0 Å². The van der Waals surface area contributed by atoms with E-state index < -0.39 is 0 Å². The Morgan fingerprint density at radius 1 is 0.447 bits per heavy atom. The van der Waals surface area contributed by atoms with E-state index >= 15 is 0 Å². The summed E-state index contributed by atoms with van der Waals surface area (Å²) in [5, 5.41) is 0. The molecule has 0 radical (unpaired) electrons. The first-order valence-corrected chi connectivity index (χ1v) is 17.9. The van der Waals surface area contributed by atoms with Gasteiger partial charge in [-0.2, -0.15) is 0 Å². The van der Waals surface area contributed by atoms with Gasteiger partial charge >= 0.3 is 0 Å². The molecule has 0 unspecified atom stereocenters. The van der Waals surface area contributed by atoms with Gasteiger partial charge in [0.25, 0.3) is 5.82 Å². The zero-order valence-corrected chi connectivity index (χ0v) is 26.8. The molecule has 0 aromatic carbocycles. The Labute approximate surface area is 240 Å². The second-order valence-electron chi connectivity index (χ2n) is 12.3. The number of nitrogens with zero attached hydrogens (tertiary/aromatic N) is 2. The van der Waals surface area contributed by atoms with E-state index in [-0.39, 0.29) is 0 Å². The van der Waals surface area contributed by atoms with E-state index in [1.807, 2.05) is 0 Å². The summed E-state index contributed by atoms with van der Waals surface area (Å²) in [4.78, 5) is 0. The molecule has 0 spiro atoms. The van der Waals surface area contributed by atoms with Gasteiger partial charge < -0.3 is 0 Å².